The zero-order valence-corrected chi connectivity index (χ0v) is 8.49. The summed E-state index contributed by atoms with van der Waals surface area (Å²) in [6.07, 6.45) is 0.709. The van der Waals surface area contributed by atoms with Gasteiger partial charge < -0.3 is 4.74 Å². The Hall–Kier alpha value is -1.16. The highest BCUT2D eigenvalue weighted by Gasteiger charge is 2.26. The lowest BCUT2D eigenvalue weighted by Gasteiger charge is -2.01. The highest BCUT2D eigenvalue weighted by atomic mass is 16.5. The fraction of sp³-hybridized carbons (Fsp3) is 0.600. The molecule has 0 radical (unpaired) electrons. The van der Waals surface area contributed by atoms with E-state index in [0.717, 1.165) is 11.4 Å². The van der Waals surface area contributed by atoms with E-state index in [4.69, 9.17) is 4.74 Å². The molecule has 1 unspecified atom stereocenters. The van der Waals surface area contributed by atoms with Crippen molar-refractivity contribution in [2.75, 3.05) is 13.2 Å². The number of hydrogen-bond donors (Lipinski definition) is 0. The van der Waals surface area contributed by atoms with Crippen LogP contribution in [-0.2, 0) is 23.0 Å². The van der Waals surface area contributed by atoms with Gasteiger partial charge in [0.05, 0.1) is 12.3 Å². The van der Waals surface area contributed by atoms with E-state index in [1.54, 1.807) is 0 Å². The van der Waals surface area contributed by atoms with Gasteiger partial charge in [0, 0.05) is 25.1 Å². The lowest BCUT2D eigenvalue weighted by Crippen LogP contribution is -2.14. The summed E-state index contributed by atoms with van der Waals surface area (Å²) in [6.45, 7) is 2.83. The minimum absolute atomic E-state index is 0.0179. The summed E-state index contributed by atoms with van der Waals surface area (Å²) in [6, 6.07) is 2.02. The zero-order chi connectivity index (χ0) is 10.1. The van der Waals surface area contributed by atoms with E-state index in [1.807, 2.05) is 24.7 Å². The van der Waals surface area contributed by atoms with E-state index in [0.29, 0.717) is 13.0 Å². The molecule has 2 heterocycles. The van der Waals surface area contributed by atoms with Crippen LogP contribution in [0.15, 0.2) is 6.07 Å². The Balaban J connectivity index is 2.07. The molecule has 14 heavy (non-hydrogen) atoms. The van der Waals surface area contributed by atoms with E-state index in [2.05, 4.69) is 5.10 Å². The van der Waals surface area contributed by atoms with Crippen molar-refractivity contribution in [3.63, 3.8) is 0 Å². The van der Waals surface area contributed by atoms with Gasteiger partial charge in [0.25, 0.3) is 0 Å². The summed E-state index contributed by atoms with van der Waals surface area (Å²) in [5.74, 6) is 0.220. The molecule has 1 aliphatic rings. The van der Waals surface area contributed by atoms with Crippen molar-refractivity contribution in [2.24, 2.45) is 13.0 Å². The third-order valence-electron chi connectivity index (χ3n) is 2.64. The minimum Gasteiger partial charge on any atom is -0.373 e. The summed E-state index contributed by atoms with van der Waals surface area (Å²) in [4.78, 5) is 11.3. The molecule has 2 rings (SSSR count). The first-order chi connectivity index (χ1) is 6.66. The molecule has 76 valence electrons. The van der Waals surface area contributed by atoms with Gasteiger partial charge in [-0.25, -0.2) is 0 Å². The number of Topliss-reactive ketones (excluding diaryl/α,β-unsaturated/α-hetero) is 1. The number of carbonyl (C=O) groups excluding carboxylic acids is 1. The number of hydrogen-bond acceptors (Lipinski definition) is 3. The summed E-state index contributed by atoms with van der Waals surface area (Å²) >= 11 is 0. The molecule has 1 aliphatic heterocycles. The number of ketones is 1. The van der Waals surface area contributed by atoms with E-state index in [9.17, 15) is 4.79 Å². The molecule has 1 aromatic rings. The molecular formula is C10H14N2O2. The molecule has 0 bridgehead atoms. The maximum Gasteiger partial charge on any atom is 0.164 e. The van der Waals surface area contributed by atoms with Crippen molar-refractivity contribution < 1.29 is 9.53 Å². The lowest BCUT2D eigenvalue weighted by atomic mass is 10.0. The SMILES string of the molecule is Cc1cc(CC2COCC2=O)nn1C. The molecule has 0 amide bonds. The molecule has 4 heteroatoms. The number of ether oxygens (including phenoxy) is 1. The molecule has 0 N–H and O–H groups in total. The molecule has 1 saturated heterocycles. The van der Waals surface area contributed by atoms with Crippen LogP contribution in [0.2, 0.25) is 0 Å². The molecule has 0 saturated carbocycles. The number of aromatic nitrogens is 2. The standard InChI is InChI=1S/C10H14N2O2/c1-7-3-9(11-12(7)2)4-8-5-14-6-10(8)13/h3,8H,4-6H2,1-2H3. The van der Waals surface area contributed by atoms with Crippen molar-refractivity contribution in [2.45, 2.75) is 13.3 Å². The molecule has 1 aromatic heterocycles. The number of carbonyl (C=O) groups is 1. The van der Waals surface area contributed by atoms with Crippen LogP contribution >= 0.6 is 0 Å². The van der Waals surface area contributed by atoms with E-state index >= 15 is 0 Å². The molecular weight excluding hydrogens is 180 g/mol. The second-order valence-corrected chi connectivity index (χ2v) is 3.78. The van der Waals surface area contributed by atoms with Gasteiger partial charge in [-0.15, -0.1) is 0 Å². The van der Waals surface area contributed by atoms with Crippen LogP contribution in [0, 0.1) is 12.8 Å². The maximum atomic E-state index is 11.3. The largest absolute Gasteiger partial charge is 0.373 e. The predicted molar refractivity (Wildman–Crippen MR) is 51.0 cm³/mol. The summed E-state index contributed by atoms with van der Waals surface area (Å²) in [5.41, 5.74) is 2.10. The van der Waals surface area contributed by atoms with Crippen LogP contribution in [0.3, 0.4) is 0 Å². The van der Waals surface area contributed by atoms with Gasteiger partial charge in [-0.3, -0.25) is 9.48 Å². The van der Waals surface area contributed by atoms with Gasteiger partial charge in [-0.2, -0.15) is 5.10 Å². The third kappa shape index (κ3) is 1.70. The Morgan fingerprint density at radius 2 is 2.50 bits per heavy atom. The van der Waals surface area contributed by atoms with Gasteiger partial charge in [0.15, 0.2) is 5.78 Å². The first-order valence-corrected chi connectivity index (χ1v) is 4.77. The summed E-state index contributed by atoms with van der Waals surface area (Å²) in [5, 5.41) is 4.32. The number of aryl methyl sites for hydroxylation is 2. The molecule has 0 aromatic carbocycles. The first kappa shape index (κ1) is 9.40. The van der Waals surface area contributed by atoms with Crippen molar-refractivity contribution in [1.82, 2.24) is 9.78 Å². The van der Waals surface area contributed by atoms with Gasteiger partial charge in [-0.05, 0) is 13.0 Å². The fourth-order valence-corrected chi connectivity index (χ4v) is 1.67. The van der Waals surface area contributed by atoms with Crippen LogP contribution in [0.25, 0.3) is 0 Å². The van der Waals surface area contributed by atoms with E-state index in [-0.39, 0.29) is 18.3 Å². The van der Waals surface area contributed by atoms with E-state index in [1.165, 1.54) is 0 Å². The summed E-state index contributed by atoms with van der Waals surface area (Å²) < 4.78 is 6.92. The monoisotopic (exact) mass is 194 g/mol. The Labute approximate surface area is 82.9 Å². The zero-order valence-electron chi connectivity index (χ0n) is 8.49. The van der Waals surface area contributed by atoms with Crippen molar-refractivity contribution >= 4 is 5.78 Å². The van der Waals surface area contributed by atoms with Gasteiger partial charge in [0.1, 0.15) is 6.61 Å². The molecule has 0 spiro atoms. The summed E-state index contributed by atoms with van der Waals surface area (Å²) in [7, 11) is 1.91. The Morgan fingerprint density at radius 1 is 1.71 bits per heavy atom. The topological polar surface area (TPSA) is 44.1 Å². The second-order valence-electron chi connectivity index (χ2n) is 3.78. The lowest BCUT2D eigenvalue weighted by molar-refractivity contribution is -0.120. The van der Waals surface area contributed by atoms with Crippen LogP contribution in [0.1, 0.15) is 11.4 Å². The number of rotatable bonds is 2. The van der Waals surface area contributed by atoms with Crippen LogP contribution in [0.4, 0.5) is 0 Å². The molecule has 4 nitrogen and oxygen atoms in total. The van der Waals surface area contributed by atoms with Gasteiger partial charge >= 0.3 is 0 Å². The Kier molecular flexibility index (Phi) is 2.37. The molecule has 1 fully saturated rings. The van der Waals surface area contributed by atoms with Crippen LogP contribution in [-0.4, -0.2) is 28.8 Å². The average molecular weight is 194 g/mol. The smallest absolute Gasteiger partial charge is 0.164 e. The van der Waals surface area contributed by atoms with E-state index < -0.39 is 0 Å². The minimum atomic E-state index is 0.0179. The fourth-order valence-electron chi connectivity index (χ4n) is 1.67. The predicted octanol–water partition coefficient (Wildman–Crippen LogP) is 0.487. The highest BCUT2D eigenvalue weighted by Crippen LogP contribution is 2.15. The van der Waals surface area contributed by atoms with Crippen LogP contribution < -0.4 is 0 Å². The van der Waals surface area contributed by atoms with Gasteiger partial charge in [0.2, 0.25) is 0 Å². The van der Waals surface area contributed by atoms with Gasteiger partial charge in [-0.1, -0.05) is 0 Å². The van der Waals surface area contributed by atoms with Crippen molar-refractivity contribution in [3.8, 4) is 0 Å². The quantitative estimate of drug-likeness (QED) is 0.688. The van der Waals surface area contributed by atoms with Crippen molar-refractivity contribution in [1.29, 1.82) is 0 Å². The molecule has 1 atom stereocenters. The Bertz CT molecular complexity index is 338. The molecule has 0 aliphatic carbocycles. The Morgan fingerprint density at radius 3 is 3.00 bits per heavy atom. The number of nitrogens with zero attached hydrogens (tertiary/aromatic N) is 2. The first-order valence-electron chi connectivity index (χ1n) is 4.77. The second kappa shape index (κ2) is 3.53. The average Bonchev–Trinajstić information content (AvgIpc) is 2.63. The third-order valence-corrected chi connectivity index (χ3v) is 2.64. The van der Waals surface area contributed by atoms with Crippen molar-refractivity contribution in [3.05, 3.63) is 17.5 Å². The normalized spacial score (nSPS) is 21.9. The van der Waals surface area contributed by atoms with Crippen LogP contribution in [0.5, 0.6) is 0 Å². The maximum absolute atomic E-state index is 11.3. The highest BCUT2D eigenvalue weighted by molar-refractivity contribution is 5.84.